The summed E-state index contributed by atoms with van der Waals surface area (Å²) in [6.07, 6.45) is 1.65. The van der Waals surface area contributed by atoms with Crippen molar-refractivity contribution in [2.75, 3.05) is 19.6 Å². The highest BCUT2D eigenvalue weighted by Gasteiger charge is 2.22. The van der Waals surface area contributed by atoms with Gasteiger partial charge < -0.3 is 26.4 Å². The van der Waals surface area contributed by atoms with Crippen LogP contribution in [0, 0.1) is 0 Å². The first-order valence-electron chi connectivity index (χ1n) is 6.73. The summed E-state index contributed by atoms with van der Waals surface area (Å²) in [6, 6.07) is -2.13. The van der Waals surface area contributed by atoms with Gasteiger partial charge >= 0.3 is 12.0 Å². The Balaban J connectivity index is 2.27. The van der Waals surface area contributed by atoms with Crippen LogP contribution < -0.4 is 16.4 Å². The second kappa shape index (κ2) is 8.08. The molecule has 0 aromatic carbocycles. The van der Waals surface area contributed by atoms with E-state index >= 15 is 0 Å². The maximum atomic E-state index is 11.7. The van der Waals surface area contributed by atoms with Gasteiger partial charge in [0.05, 0.1) is 6.42 Å². The van der Waals surface area contributed by atoms with Gasteiger partial charge in [-0.2, -0.15) is 0 Å². The number of hydrogen-bond acceptors (Lipinski definition) is 4. The lowest BCUT2D eigenvalue weighted by Gasteiger charge is -2.16. The fourth-order valence-electron chi connectivity index (χ4n) is 2.02. The SMILES string of the molecule is NC(=O)C[C@H](NC(=O)NCCC(=O)N1CCCC1)C(=O)O. The molecular formula is C12H20N4O5. The number of hydrogen-bond donors (Lipinski definition) is 4. The minimum Gasteiger partial charge on any atom is -0.480 e. The van der Waals surface area contributed by atoms with Crippen LogP contribution in [0.2, 0.25) is 0 Å². The zero-order valence-electron chi connectivity index (χ0n) is 11.6. The summed E-state index contributed by atoms with van der Waals surface area (Å²) in [5.41, 5.74) is 4.89. The van der Waals surface area contributed by atoms with Crippen LogP contribution in [-0.2, 0) is 14.4 Å². The molecule has 5 N–H and O–H groups in total. The molecule has 1 heterocycles. The summed E-state index contributed by atoms with van der Waals surface area (Å²) in [5, 5.41) is 13.3. The highest BCUT2D eigenvalue weighted by molar-refractivity contribution is 5.87. The van der Waals surface area contributed by atoms with Crippen LogP contribution in [0.1, 0.15) is 25.7 Å². The lowest BCUT2D eigenvalue weighted by atomic mass is 10.2. The fourth-order valence-corrected chi connectivity index (χ4v) is 2.02. The van der Waals surface area contributed by atoms with Crippen molar-refractivity contribution >= 4 is 23.8 Å². The molecule has 0 unspecified atom stereocenters. The first kappa shape index (κ1) is 16.7. The third-order valence-corrected chi connectivity index (χ3v) is 3.09. The average molecular weight is 300 g/mol. The van der Waals surface area contributed by atoms with Gasteiger partial charge in [0, 0.05) is 26.1 Å². The second-order valence-corrected chi connectivity index (χ2v) is 4.80. The number of rotatable bonds is 7. The van der Waals surface area contributed by atoms with Crippen molar-refractivity contribution in [2.45, 2.75) is 31.7 Å². The molecule has 1 atom stereocenters. The molecule has 0 saturated carbocycles. The summed E-state index contributed by atoms with van der Waals surface area (Å²) >= 11 is 0. The summed E-state index contributed by atoms with van der Waals surface area (Å²) in [5.74, 6) is -2.22. The van der Waals surface area contributed by atoms with E-state index in [4.69, 9.17) is 10.8 Å². The van der Waals surface area contributed by atoms with Gasteiger partial charge in [-0.25, -0.2) is 9.59 Å². The molecule has 0 spiro atoms. The van der Waals surface area contributed by atoms with Gasteiger partial charge in [0.15, 0.2) is 0 Å². The van der Waals surface area contributed by atoms with E-state index in [0.29, 0.717) is 0 Å². The van der Waals surface area contributed by atoms with Crippen molar-refractivity contribution in [2.24, 2.45) is 5.73 Å². The number of likely N-dealkylation sites (tertiary alicyclic amines) is 1. The first-order valence-corrected chi connectivity index (χ1v) is 6.73. The van der Waals surface area contributed by atoms with Crippen molar-refractivity contribution in [1.82, 2.24) is 15.5 Å². The van der Waals surface area contributed by atoms with E-state index in [9.17, 15) is 19.2 Å². The Kier molecular flexibility index (Phi) is 6.44. The number of carbonyl (C=O) groups excluding carboxylic acids is 3. The van der Waals surface area contributed by atoms with Gasteiger partial charge in [-0.05, 0) is 12.8 Å². The molecule has 21 heavy (non-hydrogen) atoms. The number of urea groups is 1. The largest absolute Gasteiger partial charge is 0.480 e. The number of carboxylic acid groups (broad SMARTS) is 1. The topological polar surface area (TPSA) is 142 Å². The first-order chi connectivity index (χ1) is 9.90. The van der Waals surface area contributed by atoms with Gasteiger partial charge in [-0.3, -0.25) is 9.59 Å². The monoisotopic (exact) mass is 300 g/mol. The highest BCUT2D eigenvalue weighted by atomic mass is 16.4. The second-order valence-electron chi connectivity index (χ2n) is 4.80. The standard InChI is InChI=1S/C12H20N4O5/c13-9(17)7-8(11(19)20)15-12(21)14-4-3-10(18)16-5-1-2-6-16/h8H,1-7H2,(H2,13,17)(H,19,20)(H2,14,15,21)/t8-/m0/s1. The molecule has 1 aliphatic heterocycles. The lowest BCUT2D eigenvalue weighted by Crippen LogP contribution is -2.48. The van der Waals surface area contributed by atoms with Crippen molar-refractivity contribution in [3.63, 3.8) is 0 Å². The molecule has 1 fully saturated rings. The Morgan fingerprint density at radius 3 is 2.33 bits per heavy atom. The van der Waals surface area contributed by atoms with Crippen molar-refractivity contribution in [1.29, 1.82) is 0 Å². The molecule has 118 valence electrons. The number of primary amides is 1. The van der Waals surface area contributed by atoms with E-state index < -0.39 is 30.4 Å². The third-order valence-electron chi connectivity index (χ3n) is 3.09. The van der Waals surface area contributed by atoms with Gasteiger partial charge in [0.2, 0.25) is 11.8 Å². The van der Waals surface area contributed by atoms with Crippen LogP contribution in [0.4, 0.5) is 4.79 Å². The summed E-state index contributed by atoms with van der Waals surface area (Å²) in [6.45, 7) is 1.58. The summed E-state index contributed by atoms with van der Waals surface area (Å²) in [4.78, 5) is 46.4. The van der Waals surface area contributed by atoms with E-state index in [0.717, 1.165) is 25.9 Å². The predicted octanol–water partition coefficient (Wildman–Crippen LogP) is -1.37. The van der Waals surface area contributed by atoms with Crippen LogP contribution in [0.15, 0.2) is 0 Å². The quantitative estimate of drug-likeness (QED) is 0.459. The molecule has 1 saturated heterocycles. The number of amides is 4. The van der Waals surface area contributed by atoms with Gasteiger partial charge in [0.25, 0.3) is 0 Å². The number of nitrogens with two attached hydrogens (primary N) is 1. The van der Waals surface area contributed by atoms with Crippen LogP contribution in [-0.4, -0.2) is 59.5 Å². The van der Waals surface area contributed by atoms with Crippen molar-refractivity contribution in [3.8, 4) is 0 Å². The highest BCUT2D eigenvalue weighted by Crippen LogP contribution is 2.08. The normalized spacial score (nSPS) is 15.3. The van der Waals surface area contributed by atoms with Gasteiger partial charge in [0.1, 0.15) is 6.04 Å². The maximum absolute atomic E-state index is 11.7. The van der Waals surface area contributed by atoms with E-state index in [1.165, 1.54) is 0 Å². The van der Waals surface area contributed by atoms with E-state index in [1.807, 2.05) is 0 Å². The smallest absolute Gasteiger partial charge is 0.326 e. The van der Waals surface area contributed by atoms with Crippen LogP contribution in [0.25, 0.3) is 0 Å². The molecule has 9 heteroatoms. The van der Waals surface area contributed by atoms with Gasteiger partial charge in [-0.15, -0.1) is 0 Å². The van der Waals surface area contributed by atoms with Crippen molar-refractivity contribution < 1.29 is 24.3 Å². The van der Waals surface area contributed by atoms with Crippen molar-refractivity contribution in [3.05, 3.63) is 0 Å². The zero-order chi connectivity index (χ0) is 15.8. The Hall–Kier alpha value is -2.32. The van der Waals surface area contributed by atoms with E-state index in [-0.39, 0.29) is 18.9 Å². The summed E-state index contributed by atoms with van der Waals surface area (Å²) in [7, 11) is 0. The van der Waals surface area contributed by atoms with Crippen LogP contribution in [0.5, 0.6) is 0 Å². The minimum atomic E-state index is -1.38. The molecule has 0 bridgehead atoms. The third kappa shape index (κ3) is 6.11. The molecular weight excluding hydrogens is 280 g/mol. The lowest BCUT2D eigenvalue weighted by molar-refractivity contribution is -0.140. The molecule has 4 amide bonds. The molecule has 0 aromatic heterocycles. The number of nitrogens with zero attached hydrogens (tertiary/aromatic N) is 1. The van der Waals surface area contributed by atoms with Crippen LogP contribution >= 0.6 is 0 Å². The fraction of sp³-hybridized carbons (Fsp3) is 0.667. The van der Waals surface area contributed by atoms with E-state index in [1.54, 1.807) is 4.90 Å². The zero-order valence-corrected chi connectivity index (χ0v) is 11.6. The summed E-state index contributed by atoms with van der Waals surface area (Å²) < 4.78 is 0. The molecule has 1 rings (SSSR count). The van der Waals surface area contributed by atoms with Gasteiger partial charge in [-0.1, -0.05) is 0 Å². The number of nitrogens with one attached hydrogen (secondary N) is 2. The molecule has 0 aromatic rings. The number of carbonyl (C=O) groups is 4. The molecule has 0 radical (unpaired) electrons. The average Bonchev–Trinajstić information content (AvgIpc) is 2.91. The van der Waals surface area contributed by atoms with E-state index in [2.05, 4.69) is 10.6 Å². The predicted molar refractivity (Wildman–Crippen MR) is 72.2 cm³/mol. The Bertz CT molecular complexity index is 420. The minimum absolute atomic E-state index is 0.0419. The van der Waals surface area contributed by atoms with Crippen LogP contribution in [0.3, 0.4) is 0 Å². The Labute approximate surface area is 121 Å². The maximum Gasteiger partial charge on any atom is 0.326 e. The number of aliphatic carboxylic acids is 1. The Morgan fingerprint density at radius 1 is 1.19 bits per heavy atom. The molecule has 9 nitrogen and oxygen atoms in total. The molecule has 1 aliphatic rings. The molecule has 0 aliphatic carbocycles. The number of carboxylic acids is 1. The Morgan fingerprint density at radius 2 is 1.81 bits per heavy atom.